The Morgan fingerprint density at radius 1 is 1.04 bits per heavy atom. The summed E-state index contributed by atoms with van der Waals surface area (Å²) in [5, 5.41) is 0. The number of hydrogen-bond donors (Lipinski definition) is 0. The maximum atomic E-state index is 2.50. The summed E-state index contributed by atoms with van der Waals surface area (Å²) in [5.41, 5.74) is 7.36. The Morgan fingerprint density at radius 2 is 1.65 bits per heavy atom. The first-order chi connectivity index (χ1) is 11.8. The number of aromatic nitrogens is 1. The predicted molar refractivity (Wildman–Crippen MR) is 118 cm³/mol. The van der Waals surface area contributed by atoms with Gasteiger partial charge in [0.05, 0.1) is 0 Å². The summed E-state index contributed by atoms with van der Waals surface area (Å²) in [5.74, 6) is 8.08. The van der Waals surface area contributed by atoms with Gasteiger partial charge in [0, 0.05) is 0 Å². The zero-order chi connectivity index (χ0) is 19.9. The van der Waals surface area contributed by atoms with Crippen molar-refractivity contribution in [3.8, 4) is 11.3 Å². The van der Waals surface area contributed by atoms with Gasteiger partial charge in [-0.15, -0.1) is 0 Å². The van der Waals surface area contributed by atoms with E-state index in [1.807, 2.05) is 0 Å². The molecule has 0 radical (unpaired) electrons. The molecule has 1 heterocycles. The van der Waals surface area contributed by atoms with E-state index in [1.54, 1.807) is 9.96 Å². The van der Waals surface area contributed by atoms with Crippen molar-refractivity contribution in [2.45, 2.75) is 71.1 Å². The molecule has 0 spiro atoms. The van der Waals surface area contributed by atoms with Crippen LogP contribution in [0, 0.1) is 12.3 Å². The van der Waals surface area contributed by atoms with Gasteiger partial charge >= 0.3 is 164 Å². The van der Waals surface area contributed by atoms with Gasteiger partial charge in [0.25, 0.3) is 0 Å². The zero-order valence-electron chi connectivity index (χ0n) is 18.6. The Balaban J connectivity index is 2.65. The van der Waals surface area contributed by atoms with Crippen molar-refractivity contribution < 1.29 is 4.57 Å². The van der Waals surface area contributed by atoms with Crippen LogP contribution in [0.2, 0.25) is 17.3 Å². The van der Waals surface area contributed by atoms with Gasteiger partial charge in [-0.05, 0) is 0 Å². The van der Waals surface area contributed by atoms with E-state index in [2.05, 4.69) is 101 Å². The van der Waals surface area contributed by atoms with E-state index in [0.717, 1.165) is 6.42 Å². The third kappa shape index (κ3) is 5.00. The van der Waals surface area contributed by atoms with Crippen LogP contribution in [-0.2, 0) is 13.5 Å². The third-order valence-corrected chi connectivity index (χ3v) is 9.42. The molecule has 0 fully saturated rings. The average Bonchev–Trinajstić information content (AvgIpc) is 2.46. The van der Waals surface area contributed by atoms with Crippen molar-refractivity contribution in [2.24, 2.45) is 12.5 Å². The summed E-state index contributed by atoms with van der Waals surface area (Å²) < 4.78 is 4.00. The topological polar surface area (TPSA) is 3.88 Å². The molecule has 0 atom stereocenters. The molecule has 0 aliphatic carbocycles. The summed E-state index contributed by atoms with van der Waals surface area (Å²) in [6.07, 6.45) is 3.58. The molecule has 0 unspecified atom stereocenters. The van der Waals surface area contributed by atoms with Gasteiger partial charge in [-0.1, -0.05) is 0 Å². The van der Waals surface area contributed by atoms with Gasteiger partial charge in [-0.25, -0.2) is 0 Å². The van der Waals surface area contributed by atoms with Crippen molar-refractivity contribution in [1.82, 2.24) is 0 Å². The summed E-state index contributed by atoms with van der Waals surface area (Å²) in [6.45, 7) is 13.8. The SMILES string of the molecule is Cc1cc(C(C)C)ccc1-c1cc(CC(C)(C)C)[c]([Ge]([CH3])([CH3])[CH3])c[n+]1C. The standard InChI is InChI=1S/C24H38GeN/c1-17(2)19-11-12-21(18(3)13-19)23-14-20(15-24(4,5)6)22(16-26(23)10)25(7,8)9/h11-14,16-17H,15H2,1-10H3/q+1. The molecule has 2 aromatic rings. The van der Waals surface area contributed by atoms with Gasteiger partial charge in [-0.3, -0.25) is 0 Å². The second-order valence-electron chi connectivity index (χ2n) is 10.4. The monoisotopic (exact) mass is 414 g/mol. The molecule has 0 saturated carbocycles. The Labute approximate surface area is 164 Å². The third-order valence-electron chi connectivity index (χ3n) is 5.08. The van der Waals surface area contributed by atoms with Gasteiger partial charge in [0.1, 0.15) is 0 Å². The normalized spacial score (nSPS) is 12.7. The molecule has 0 N–H and O–H groups in total. The Bertz CT molecular complexity index is 789. The van der Waals surface area contributed by atoms with Crippen molar-refractivity contribution in [3.05, 3.63) is 47.2 Å². The molecule has 0 bridgehead atoms. The fourth-order valence-corrected chi connectivity index (χ4v) is 7.26. The predicted octanol–water partition coefficient (Wildman–Crippen LogP) is 5.74. The number of aryl methyl sites for hydroxylation is 2. The molecule has 1 aromatic heterocycles. The Morgan fingerprint density at radius 3 is 2.12 bits per heavy atom. The molecule has 0 saturated heterocycles. The number of benzene rings is 1. The first kappa shape index (κ1) is 21.2. The van der Waals surface area contributed by atoms with Crippen LogP contribution in [0.1, 0.15) is 57.2 Å². The Kier molecular flexibility index (Phi) is 6.12. The summed E-state index contributed by atoms with van der Waals surface area (Å²) in [4.78, 5) is 0. The summed E-state index contributed by atoms with van der Waals surface area (Å²) >= 11 is -1.93. The fourth-order valence-electron chi connectivity index (χ4n) is 3.68. The molecule has 142 valence electrons. The molecule has 1 aromatic carbocycles. The van der Waals surface area contributed by atoms with Gasteiger partial charge in [0.15, 0.2) is 0 Å². The van der Waals surface area contributed by atoms with E-state index in [0.29, 0.717) is 11.3 Å². The van der Waals surface area contributed by atoms with E-state index in [4.69, 9.17) is 0 Å². The van der Waals surface area contributed by atoms with Gasteiger partial charge in [0.2, 0.25) is 0 Å². The number of pyridine rings is 1. The number of hydrogen-bond acceptors (Lipinski definition) is 0. The van der Waals surface area contributed by atoms with Crippen molar-refractivity contribution in [3.63, 3.8) is 0 Å². The van der Waals surface area contributed by atoms with Crippen molar-refractivity contribution in [1.29, 1.82) is 0 Å². The second-order valence-corrected chi connectivity index (χ2v) is 21.0. The molecule has 0 amide bonds. The van der Waals surface area contributed by atoms with Crippen LogP contribution >= 0.6 is 0 Å². The zero-order valence-corrected chi connectivity index (χ0v) is 20.7. The van der Waals surface area contributed by atoms with Crippen molar-refractivity contribution in [2.75, 3.05) is 0 Å². The quantitative estimate of drug-likeness (QED) is 0.445. The first-order valence-electron chi connectivity index (χ1n) is 9.93. The molecule has 1 nitrogen and oxygen atoms in total. The van der Waals surface area contributed by atoms with Crippen LogP contribution in [0.25, 0.3) is 11.3 Å². The molecule has 0 aliphatic rings. The van der Waals surface area contributed by atoms with Gasteiger partial charge in [-0.2, -0.15) is 0 Å². The maximum absolute atomic E-state index is 2.50. The van der Waals surface area contributed by atoms with E-state index < -0.39 is 13.3 Å². The van der Waals surface area contributed by atoms with Gasteiger partial charge < -0.3 is 0 Å². The minimum absolute atomic E-state index is 0.302. The van der Waals surface area contributed by atoms with E-state index in [9.17, 15) is 0 Å². The average molecular weight is 413 g/mol. The molecular weight excluding hydrogens is 375 g/mol. The van der Waals surface area contributed by atoms with Crippen LogP contribution in [0.5, 0.6) is 0 Å². The van der Waals surface area contributed by atoms with E-state index >= 15 is 0 Å². The van der Waals surface area contributed by atoms with Crippen LogP contribution in [0.4, 0.5) is 0 Å². The van der Waals surface area contributed by atoms with Crippen LogP contribution in [-0.4, -0.2) is 13.3 Å². The summed E-state index contributed by atoms with van der Waals surface area (Å²) in [6, 6.07) is 9.46. The van der Waals surface area contributed by atoms with Crippen LogP contribution in [0.15, 0.2) is 30.5 Å². The van der Waals surface area contributed by atoms with Crippen LogP contribution < -0.4 is 8.96 Å². The molecule has 2 heteroatoms. The molecular formula is C24H38GeN+. The number of rotatable bonds is 4. The number of nitrogens with zero attached hydrogens (tertiary/aromatic N) is 1. The Hall–Kier alpha value is -1.09. The molecule has 0 aliphatic heterocycles. The van der Waals surface area contributed by atoms with E-state index in [-0.39, 0.29) is 0 Å². The van der Waals surface area contributed by atoms with Crippen molar-refractivity contribution >= 4 is 17.7 Å². The minimum atomic E-state index is -1.93. The fraction of sp³-hybridized carbons (Fsp3) is 0.542. The second kappa shape index (κ2) is 7.50. The van der Waals surface area contributed by atoms with E-state index in [1.165, 1.54) is 22.4 Å². The first-order valence-corrected chi connectivity index (χ1v) is 17.3. The van der Waals surface area contributed by atoms with Crippen LogP contribution in [0.3, 0.4) is 0 Å². The molecule has 2 rings (SSSR count). The molecule has 26 heavy (non-hydrogen) atoms. The summed E-state index contributed by atoms with van der Waals surface area (Å²) in [7, 11) is 2.21.